The van der Waals surface area contributed by atoms with Gasteiger partial charge in [0.15, 0.2) is 0 Å². The van der Waals surface area contributed by atoms with E-state index in [1.54, 1.807) is 6.33 Å². The molecule has 2 aliphatic rings. The second kappa shape index (κ2) is 6.68. The Morgan fingerprint density at radius 2 is 1.52 bits per heavy atom. The molecule has 0 radical (unpaired) electrons. The molecular formula is C19H24N8. The minimum Gasteiger partial charge on any atom is -0.356 e. The summed E-state index contributed by atoms with van der Waals surface area (Å²) in [7, 11) is 0. The van der Waals surface area contributed by atoms with Gasteiger partial charge in [-0.3, -0.25) is 0 Å². The molecule has 0 bridgehead atoms. The summed E-state index contributed by atoms with van der Waals surface area (Å²) in [5, 5.41) is 1.08. The van der Waals surface area contributed by atoms with Crippen LogP contribution in [0.25, 0.3) is 11.0 Å². The molecule has 140 valence electrons. The molecule has 3 aromatic rings. The van der Waals surface area contributed by atoms with Crippen molar-refractivity contribution in [3.63, 3.8) is 0 Å². The van der Waals surface area contributed by atoms with Crippen LogP contribution in [0.5, 0.6) is 0 Å². The van der Waals surface area contributed by atoms with Gasteiger partial charge >= 0.3 is 0 Å². The smallest absolute Gasteiger partial charge is 0.142 e. The van der Waals surface area contributed by atoms with Crippen molar-refractivity contribution in [2.75, 3.05) is 54.0 Å². The van der Waals surface area contributed by atoms with Crippen molar-refractivity contribution in [3.05, 3.63) is 30.5 Å². The highest BCUT2D eigenvalue weighted by Gasteiger charge is 2.23. The summed E-state index contributed by atoms with van der Waals surface area (Å²) >= 11 is 0. The van der Waals surface area contributed by atoms with Gasteiger partial charge in [0.05, 0.1) is 5.39 Å². The second-order valence-corrected chi connectivity index (χ2v) is 7.24. The summed E-state index contributed by atoms with van der Waals surface area (Å²) < 4.78 is 0. The highest BCUT2D eigenvalue weighted by Crippen LogP contribution is 2.26. The fraction of sp³-hybridized carbons (Fsp3) is 0.474. The summed E-state index contributed by atoms with van der Waals surface area (Å²) in [6, 6.07) is 4.20. The first-order valence-electron chi connectivity index (χ1n) is 9.66. The number of nitrogens with zero attached hydrogens (tertiary/aromatic N) is 7. The van der Waals surface area contributed by atoms with E-state index in [1.807, 2.05) is 19.2 Å². The number of anilines is 3. The Hall–Kier alpha value is -2.90. The van der Waals surface area contributed by atoms with Gasteiger partial charge in [0.25, 0.3) is 0 Å². The van der Waals surface area contributed by atoms with Crippen LogP contribution in [0.4, 0.5) is 17.5 Å². The number of H-pyrrole nitrogens is 1. The monoisotopic (exact) mass is 364 g/mol. The molecule has 0 aliphatic carbocycles. The van der Waals surface area contributed by atoms with Crippen molar-refractivity contribution in [2.24, 2.45) is 0 Å². The van der Waals surface area contributed by atoms with E-state index in [-0.39, 0.29) is 0 Å². The maximum Gasteiger partial charge on any atom is 0.142 e. The van der Waals surface area contributed by atoms with Crippen LogP contribution >= 0.6 is 0 Å². The van der Waals surface area contributed by atoms with Crippen LogP contribution in [0.1, 0.15) is 18.7 Å². The topological polar surface area (TPSA) is 77.1 Å². The third kappa shape index (κ3) is 3.05. The molecule has 27 heavy (non-hydrogen) atoms. The Morgan fingerprint density at radius 3 is 2.26 bits per heavy atom. The first-order valence-corrected chi connectivity index (χ1v) is 9.66. The number of piperazine rings is 1. The van der Waals surface area contributed by atoms with Crippen LogP contribution in [0.2, 0.25) is 0 Å². The minimum atomic E-state index is 0.849. The summed E-state index contributed by atoms with van der Waals surface area (Å²) in [5.41, 5.74) is 0.893. The number of aromatic amines is 1. The van der Waals surface area contributed by atoms with E-state index in [2.05, 4.69) is 40.7 Å². The van der Waals surface area contributed by atoms with Crippen molar-refractivity contribution in [3.8, 4) is 0 Å². The molecule has 2 aliphatic heterocycles. The number of nitrogens with one attached hydrogen (secondary N) is 1. The van der Waals surface area contributed by atoms with E-state index in [1.165, 1.54) is 12.8 Å². The summed E-state index contributed by atoms with van der Waals surface area (Å²) in [4.78, 5) is 28.4. The predicted octanol–water partition coefficient (Wildman–Crippen LogP) is 1.98. The van der Waals surface area contributed by atoms with Crippen LogP contribution in [0, 0.1) is 6.92 Å². The van der Waals surface area contributed by atoms with Crippen molar-refractivity contribution >= 4 is 28.5 Å². The van der Waals surface area contributed by atoms with Gasteiger partial charge in [0.1, 0.15) is 35.3 Å². The molecule has 2 fully saturated rings. The zero-order chi connectivity index (χ0) is 18.2. The van der Waals surface area contributed by atoms with E-state index in [0.29, 0.717) is 0 Å². The molecule has 3 aromatic heterocycles. The lowest BCUT2D eigenvalue weighted by atomic mass is 10.2. The third-order valence-corrected chi connectivity index (χ3v) is 5.48. The Kier molecular flexibility index (Phi) is 4.03. The van der Waals surface area contributed by atoms with Crippen molar-refractivity contribution < 1.29 is 0 Å². The van der Waals surface area contributed by atoms with E-state index < -0.39 is 0 Å². The average Bonchev–Trinajstić information content (AvgIpc) is 3.39. The van der Waals surface area contributed by atoms with Crippen molar-refractivity contribution in [2.45, 2.75) is 19.8 Å². The highest BCUT2D eigenvalue weighted by molar-refractivity contribution is 5.87. The van der Waals surface area contributed by atoms with Crippen LogP contribution in [0.15, 0.2) is 24.7 Å². The molecule has 0 atom stereocenters. The molecule has 0 amide bonds. The quantitative estimate of drug-likeness (QED) is 0.761. The minimum absolute atomic E-state index is 0.849. The lowest BCUT2D eigenvalue weighted by Crippen LogP contribution is -2.47. The van der Waals surface area contributed by atoms with Gasteiger partial charge in [-0.1, -0.05) is 0 Å². The van der Waals surface area contributed by atoms with Gasteiger partial charge in [0, 0.05) is 51.5 Å². The summed E-state index contributed by atoms with van der Waals surface area (Å²) in [6.07, 6.45) is 6.06. The molecule has 5 heterocycles. The summed E-state index contributed by atoms with van der Waals surface area (Å²) in [6.45, 7) is 7.87. The van der Waals surface area contributed by atoms with E-state index >= 15 is 0 Å². The van der Waals surface area contributed by atoms with Gasteiger partial charge in [-0.25, -0.2) is 19.9 Å². The number of rotatable bonds is 3. The van der Waals surface area contributed by atoms with E-state index in [4.69, 9.17) is 4.98 Å². The first-order chi connectivity index (χ1) is 13.3. The molecule has 2 saturated heterocycles. The van der Waals surface area contributed by atoms with Crippen LogP contribution in [-0.4, -0.2) is 64.2 Å². The molecule has 0 unspecified atom stereocenters. The molecule has 0 aromatic carbocycles. The molecular weight excluding hydrogens is 340 g/mol. The Balaban J connectivity index is 1.34. The molecule has 5 rings (SSSR count). The lowest BCUT2D eigenvalue weighted by molar-refractivity contribution is 0.641. The second-order valence-electron chi connectivity index (χ2n) is 7.24. The normalized spacial score (nSPS) is 17.9. The summed E-state index contributed by atoms with van der Waals surface area (Å²) in [5.74, 6) is 3.97. The zero-order valence-corrected chi connectivity index (χ0v) is 15.6. The molecule has 0 spiro atoms. The van der Waals surface area contributed by atoms with Crippen molar-refractivity contribution in [1.29, 1.82) is 0 Å². The number of hydrogen-bond donors (Lipinski definition) is 1. The van der Waals surface area contributed by atoms with Crippen LogP contribution < -0.4 is 14.7 Å². The predicted molar refractivity (Wildman–Crippen MR) is 107 cm³/mol. The standard InChI is InChI=1S/C19H24N8/c1-14-23-16(25-6-2-3-7-25)12-17(24-14)26-8-10-27(11-9-26)19-15-4-5-20-18(15)21-13-22-19/h4-5,12-13H,2-3,6-11H2,1H3,(H,20,21,22). The maximum atomic E-state index is 4.71. The number of fused-ring (bicyclic) bond motifs is 1. The van der Waals surface area contributed by atoms with Gasteiger partial charge in [-0.2, -0.15) is 0 Å². The average molecular weight is 364 g/mol. The van der Waals surface area contributed by atoms with Crippen LogP contribution in [0.3, 0.4) is 0 Å². The highest BCUT2D eigenvalue weighted by atomic mass is 15.3. The first kappa shape index (κ1) is 16.3. The van der Waals surface area contributed by atoms with E-state index in [9.17, 15) is 0 Å². The number of aryl methyl sites for hydroxylation is 1. The molecule has 1 N–H and O–H groups in total. The van der Waals surface area contributed by atoms with Gasteiger partial charge in [0.2, 0.25) is 0 Å². The Labute approximate surface area is 158 Å². The number of hydrogen-bond acceptors (Lipinski definition) is 7. The third-order valence-electron chi connectivity index (χ3n) is 5.48. The van der Waals surface area contributed by atoms with Gasteiger partial charge < -0.3 is 19.7 Å². The Bertz CT molecular complexity index is 938. The van der Waals surface area contributed by atoms with Gasteiger partial charge in [-0.15, -0.1) is 0 Å². The molecule has 8 nitrogen and oxygen atoms in total. The Morgan fingerprint density at radius 1 is 0.852 bits per heavy atom. The molecule has 0 saturated carbocycles. The van der Waals surface area contributed by atoms with Crippen molar-refractivity contribution in [1.82, 2.24) is 24.9 Å². The van der Waals surface area contributed by atoms with E-state index in [0.717, 1.165) is 73.6 Å². The van der Waals surface area contributed by atoms with Gasteiger partial charge in [-0.05, 0) is 25.8 Å². The fourth-order valence-electron chi connectivity index (χ4n) is 4.06. The number of aromatic nitrogens is 5. The fourth-order valence-corrected chi connectivity index (χ4v) is 4.06. The SMILES string of the molecule is Cc1nc(N2CCCC2)cc(N2CCN(c3ncnc4[nH]ccc34)CC2)n1. The molecule has 8 heteroatoms. The largest absolute Gasteiger partial charge is 0.356 e. The van der Waals surface area contributed by atoms with Crippen LogP contribution in [-0.2, 0) is 0 Å². The maximum absolute atomic E-state index is 4.71. The lowest BCUT2D eigenvalue weighted by Gasteiger charge is -2.36. The zero-order valence-electron chi connectivity index (χ0n) is 15.6.